The SMILES string of the molecule is CC(CO)C(C)NC(=O)c1ccc(-c2ccccc2)cc1. The van der Waals surface area contributed by atoms with E-state index in [1.807, 2.05) is 68.4 Å². The lowest BCUT2D eigenvalue weighted by Gasteiger charge is -2.19. The molecule has 3 nitrogen and oxygen atoms in total. The van der Waals surface area contributed by atoms with Crippen LogP contribution in [0, 0.1) is 5.92 Å². The first kappa shape index (κ1) is 15.3. The van der Waals surface area contributed by atoms with Crippen molar-refractivity contribution in [2.24, 2.45) is 5.92 Å². The summed E-state index contributed by atoms with van der Waals surface area (Å²) >= 11 is 0. The van der Waals surface area contributed by atoms with Crippen molar-refractivity contribution in [2.75, 3.05) is 6.61 Å². The van der Waals surface area contributed by atoms with Gasteiger partial charge in [-0.1, -0.05) is 49.4 Å². The Morgan fingerprint density at radius 3 is 2.14 bits per heavy atom. The zero-order chi connectivity index (χ0) is 15.2. The summed E-state index contributed by atoms with van der Waals surface area (Å²) in [7, 11) is 0. The molecular formula is C18H21NO2. The Hall–Kier alpha value is -2.13. The summed E-state index contributed by atoms with van der Waals surface area (Å²) in [5, 5.41) is 12.0. The highest BCUT2D eigenvalue weighted by Crippen LogP contribution is 2.19. The fourth-order valence-electron chi connectivity index (χ4n) is 2.04. The van der Waals surface area contributed by atoms with Crippen molar-refractivity contribution in [3.8, 4) is 11.1 Å². The molecule has 0 aromatic heterocycles. The number of amides is 1. The van der Waals surface area contributed by atoms with E-state index in [1.54, 1.807) is 0 Å². The van der Waals surface area contributed by atoms with Crippen molar-refractivity contribution in [3.63, 3.8) is 0 Å². The van der Waals surface area contributed by atoms with Crippen LogP contribution in [0.2, 0.25) is 0 Å². The number of aliphatic hydroxyl groups excluding tert-OH is 1. The van der Waals surface area contributed by atoms with E-state index < -0.39 is 0 Å². The Kier molecular flexibility index (Phi) is 5.12. The van der Waals surface area contributed by atoms with Crippen LogP contribution in [0.25, 0.3) is 11.1 Å². The molecule has 2 aromatic carbocycles. The lowest BCUT2D eigenvalue weighted by molar-refractivity contribution is 0.0916. The molecule has 0 saturated carbocycles. The molecule has 0 bridgehead atoms. The van der Waals surface area contributed by atoms with Gasteiger partial charge in [0.2, 0.25) is 0 Å². The van der Waals surface area contributed by atoms with Crippen LogP contribution in [0.4, 0.5) is 0 Å². The van der Waals surface area contributed by atoms with Crippen LogP contribution < -0.4 is 5.32 Å². The third kappa shape index (κ3) is 3.92. The first-order valence-electron chi connectivity index (χ1n) is 7.19. The van der Waals surface area contributed by atoms with E-state index in [0.29, 0.717) is 5.56 Å². The fraction of sp³-hybridized carbons (Fsp3) is 0.278. The fourth-order valence-corrected chi connectivity index (χ4v) is 2.04. The zero-order valence-corrected chi connectivity index (χ0v) is 12.4. The molecular weight excluding hydrogens is 262 g/mol. The van der Waals surface area contributed by atoms with E-state index in [2.05, 4.69) is 5.32 Å². The van der Waals surface area contributed by atoms with Gasteiger partial charge in [0.05, 0.1) is 0 Å². The van der Waals surface area contributed by atoms with Gasteiger partial charge in [-0.2, -0.15) is 0 Å². The van der Waals surface area contributed by atoms with Gasteiger partial charge in [-0.05, 0) is 36.1 Å². The molecule has 2 rings (SSSR count). The maximum absolute atomic E-state index is 12.1. The standard InChI is InChI=1S/C18H21NO2/c1-13(12-20)14(2)19-18(21)17-10-8-16(9-11-17)15-6-4-3-5-7-15/h3-11,13-14,20H,12H2,1-2H3,(H,19,21). The van der Waals surface area contributed by atoms with Crippen molar-refractivity contribution < 1.29 is 9.90 Å². The Morgan fingerprint density at radius 2 is 1.57 bits per heavy atom. The van der Waals surface area contributed by atoms with Gasteiger partial charge in [0, 0.05) is 18.2 Å². The molecule has 0 fully saturated rings. The van der Waals surface area contributed by atoms with Crippen molar-refractivity contribution in [1.82, 2.24) is 5.32 Å². The number of nitrogens with one attached hydrogen (secondary N) is 1. The Morgan fingerprint density at radius 1 is 1.00 bits per heavy atom. The monoisotopic (exact) mass is 283 g/mol. The summed E-state index contributed by atoms with van der Waals surface area (Å²) in [6, 6.07) is 17.5. The maximum Gasteiger partial charge on any atom is 0.251 e. The molecule has 2 unspecified atom stereocenters. The topological polar surface area (TPSA) is 49.3 Å². The molecule has 110 valence electrons. The minimum Gasteiger partial charge on any atom is -0.396 e. The number of hydrogen-bond donors (Lipinski definition) is 2. The van der Waals surface area contributed by atoms with Crippen LogP contribution >= 0.6 is 0 Å². The van der Waals surface area contributed by atoms with Gasteiger partial charge in [0.15, 0.2) is 0 Å². The van der Waals surface area contributed by atoms with E-state index in [9.17, 15) is 4.79 Å². The van der Waals surface area contributed by atoms with E-state index in [-0.39, 0.29) is 24.5 Å². The van der Waals surface area contributed by atoms with E-state index in [1.165, 1.54) is 0 Å². The van der Waals surface area contributed by atoms with Crippen LogP contribution in [-0.4, -0.2) is 23.7 Å². The Bertz CT molecular complexity index is 578. The first-order chi connectivity index (χ1) is 10.1. The number of carbonyl (C=O) groups excluding carboxylic acids is 1. The summed E-state index contributed by atoms with van der Waals surface area (Å²) in [6.45, 7) is 3.87. The lowest BCUT2D eigenvalue weighted by atomic mass is 10.0. The molecule has 0 heterocycles. The van der Waals surface area contributed by atoms with Gasteiger partial charge in [0.1, 0.15) is 0 Å². The van der Waals surface area contributed by atoms with Gasteiger partial charge in [0.25, 0.3) is 5.91 Å². The van der Waals surface area contributed by atoms with Crippen molar-refractivity contribution in [3.05, 3.63) is 60.2 Å². The second-order valence-electron chi connectivity index (χ2n) is 5.37. The second kappa shape index (κ2) is 7.04. The predicted molar refractivity (Wildman–Crippen MR) is 85.1 cm³/mol. The van der Waals surface area contributed by atoms with E-state index >= 15 is 0 Å². The third-order valence-corrected chi connectivity index (χ3v) is 3.75. The molecule has 3 heteroatoms. The van der Waals surface area contributed by atoms with E-state index in [4.69, 9.17) is 5.11 Å². The first-order valence-corrected chi connectivity index (χ1v) is 7.19. The molecule has 0 aliphatic heterocycles. The molecule has 2 atom stereocenters. The van der Waals surface area contributed by atoms with Crippen molar-refractivity contribution in [2.45, 2.75) is 19.9 Å². The highest BCUT2D eigenvalue weighted by atomic mass is 16.3. The number of hydrogen-bond acceptors (Lipinski definition) is 2. The Balaban J connectivity index is 2.07. The summed E-state index contributed by atoms with van der Waals surface area (Å²) in [5.41, 5.74) is 2.85. The molecule has 21 heavy (non-hydrogen) atoms. The lowest BCUT2D eigenvalue weighted by Crippen LogP contribution is -2.38. The summed E-state index contributed by atoms with van der Waals surface area (Å²) in [5.74, 6) is -0.0695. The summed E-state index contributed by atoms with van der Waals surface area (Å²) < 4.78 is 0. The normalized spacial score (nSPS) is 13.5. The van der Waals surface area contributed by atoms with Crippen LogP contribution in [-0.2, 0) is 0 Å². The highest BCUT2D eigenvalue weighted by molar-refractivity contribution is 5.94. The second-order valence-corrected chi connectivity index (χ2v) is 5.37. The average Bonchev–Trinajstić information content (AvgIpc) is 2.55. The molecule has 2 N–H and O–H groups in total. The van der Waals surface area contributed by atoms with Crippen LogP contribution in [0.1, 0.15) is 24.2 Å². The van der Waals surface area contributed by atoms with Gasteiger partial charge >= 0.3 is 0 Å². The van der Waals surface area contributed by atoms with Crippen LogP contribution in [0.5, 0.6) is 0 Å². The minimum absolute atomic E-state index is 0.0394. The quantitative estimate of drug-likeness (QED) is 0.886. The molecule has 0 aliphatic rings. The Labute approximate surface area is 125 Å². The average molecular weight is 283 g/mol. The molecule has 0 aliphatic carbocycles. The zero-order valence-electron chi connectivity index (χ0n) is 12.4. The van der Waals surface area contributed by atoms with Crippen LogP contribution in [0.3, 0.4) is 0 Å². The van der Waals surface area contributed by atoms with Crippen molar-refractivity contribution in [1.29, 1.82) is 0 Å². The number of benzene rings is 2. The number of rotatable bonds is 5. The summed E-state index contributed by atoms with van der Waals surface area (Å²) in [4.78, 5) is 12.1. The third-order valence-electron chi connectivity index (χ3n) is 3.75. The number of carbonyl (C=O) groups is 1. The minimum atomic E-state index is -0.109. The van der Waals surface area contributed by atoms with Gasteiger partial charge in [-0.15, -0.1) is 0 Å². The predicted octanol–water partition coefficient (Wildman–Crippen LogP) is 3.10. The van der Waals surface area contributed by atoms with Crippen LogP contribution in [0.15, 0.2) is 54.6 Å². The largest absolute Gasteiger partial charge is 0.396 e. The highest BCUT2D eigenvalue weighted by Gasteiger charge is 2.14. The molecule has 0 radical (unpaired) electrons. The molecule has 0 saturated heterocycles. The molecule has 2 aromatic rings. The van der Waals surface area contributed by atoms with Gasteiger partial charge < -0.3 is 10.4 Å². The maximum atomic E-state index is 12.1. The van der Waals surface area contributed by atoms with E-state index in [0.717, 1.165) is 11.1 Å². The molecule has 1 amide bonds. The van der Waals surface area contributed by atoms with Crippen molar-refractivity contribution >= 4 is 5.91 Å². The number of aliphatic hydroxyl groups is 1. The summed E-state index contributed by atoms with van der Waals surface area (Å²) in [6.07, 6.45) is 0. The van der Waals surface area contributed by atoms with Gasteiger partial charge in [-0.25, -0.2) is 0 Å². The smallest absolute Gasteiger partial charge is 0.251 e. The van der Waals surface area contributed by atoms with Gasteiger partial charge in [-0.3, -0.25) is 4.79 Å². The molecule has 0 spiro atoms.